The first-order valence-electron chi connectivity index (χ1n) is 13.7. The highest BCUT2D eigenvalue weighted by atomic mass is 79.9. The fraction of sp³-hybridized carbons (Fsp3) is 0.355. The predicted octanol–water partition coefficient (Wildman–Crippen LogP) is 4.84. The van der Waals surface area contributed by atoms with Crippen molar-refractivity contribution in [3.63, 3.8) is 0 Å². The third-order valence-corrected chi connectivity index (χ3v) is 8.36. The molecule has 0 aliphatic carbocycles. The van der Waals surface area contributed by atoms with Gasteiger partial charge in [-0.2, -0.15) is 5.10 Å². The molecule has 1 aliphatic heterocycles. The molecule has 2 aromatic heterocycles. The first-order valence-corrected chi connectivity index (χ1v) is 14.5. The number of ether oxygens (including phenoxy) is 1. The number of aliphatic hydroxyl groups is 1. The number of hydrogen-bond acceptors (Lipinski definition) is 6. The molecule has 5 rings (SSSR count). The molecule has 1 aliphatic rings. The van der Waals surface area contributed by atoms with E-state index in [1.54, 1.807) is 38.4 Å². The normalized spacial score (nSPS) is 15.5. The number of aromatic nitrogens is 4. The highest BCUT2D eigenvalue weighted by Gasteiger charge is 2.32. The molecule has 214 valence electrons. The summed E-state index contributed by atoms with van der Waals surface area (Å²) in [6.45, 7) is 10.0. The van der Waals surface area contributed by atoms with E-state index >= 15 is 0 Å². The van der Waals surface area contributed by atoms with Crippen LogP contribution in [0.25, 0.3) is 11.6 Å². The molecule has 0 saturated carbocycles. The van der Waals surface area contributed by atoms with Crippen LogP contribution in [0.1, 0.15) is 58.8 Å². The van der Waals surface area contributed by atoms with Gasteiger partial charge in [-0.15, -0.1) is 0 Å². The van der Waals surface area contributed by atoms with Gasteiger partial charge in [0.15, 0.2) is 0 Å². The number of aryl methyl sites for hydroxylation is 3. The Kier molecular flexibility index (Phi) is 8.15. The third-order valence-electron chi connectivity index (χ3n) is 7.47. The summed E-state index contributed by atoms with van der Waals surface area (Å²) in [5.41, 5.74) is 4.80. The van der Waals surface area contributed by atoms with Gasteiger partial charge in [-0.3, -0.25) is 9.59 Å². The molecule has 2 aromatic carbocycles. The highest BCUT2D eigenvalue weighted by molar-refractivity contribution is 9.10. The Labute approximate surface area is 247 Å². The van der Waals surface area contributed by atoms with Gasteiger partial charge in [-0.05, 0) is 94.6 Å². The number of hydrogen-bond donors (Lipinski definition) is 1. The zero-order valence-corrected chi connectivity index (χ0v) is 25.5. The van der Waals surface area contributed by atoms with E-state index in [0.29, 0.717) is 47.0 Å². The van der Waals surface area contributed by atoms with E-state index in [0.717, 1.165) is 21.4 Å². The maximum Gasteiger partial charge on any atom is 0.263 e. The minimum atomic E-state index is -0.541. The molecule has 1 N–H and O–H groups in total. The fourth-order valence-corrected chi connectivity index (χ4v) is 5.32. The topological polar surface area (TPSA) is 102 Å². The first kappa shape index (κ1) is 28.8. The van der Waals surface area contributed by atoms with Gasteiger partial charge >= 0.3 is 0 Å². The first-order chi connectivity index (χ1) is 19.6. The second kappa shape index (κ2) is 11.6. The summed E-state index contributed by atoms with van der Waals surface area (Å²) in [5.74, 6) is 0.857. The Morgan fingerprint density at radius 1 is 1.15 bits per heavy atom. The van der Waals surface area contributed by atoms with Crippen molar-refractivity contribution in [2.45, 2.75) is 66.2 Å². The van der Waals surface area contributed by atoms with Crippen LogP contribution >= 0.6 is 15.9 Å². The number of carbonyl (C=O) groups is 1. The lowest BCUT2D eigenvalue weighted by Gasteiger charge is -2.34. The number of aliphatic hydroxyl groups excluding tert-OH is 1. The maximum atomic E-state index is 14.1. The number of rotatable bonds is 7. The lowest BCUT2D eigenvalue weighted by atomic mass is 9.98. The Bertz CT molecular complexity index is 1660. The quantitative estimate of drug-likeness (QED) is 0.317. The molecule has 0 bridgehead atoms. The van der Waals surface area contributed by atoms with Gasteiger partial charge in [-0.25, -0.2) is 14.2 Å². The number of halogens is 1. The average molecular weight is 621 g/mol. The zero-order chi connectivity index (χ0) is 29.4. The predicted molar refractivity (Wildman–Crippen MR) is 160 cm³/mol. The Balaban J connectivity index is 1.57. The molecular formula is C31H34BrN5O4. The largest absolute Gasteiger partial charge is 0.491 e. The number of carbonyl (C=O) groups excluding carboxylic acids is 1. The fourth-order valence-electron chi connectivity index (χ4n) is 5.07. The van der Waals surface area contributed by atoms with Crippen molar-refractivity contribution in [3.8, 4) is 17.4 Å². The smallest absolute Gasteiger partial charge is 0.263 e. The van der Waals surface area contributed by atoms with E-state index in [1.165, 1.54) is 0 Å². The van der Waals surface area contributed by atoms with Gasteiger partial charge in [0.25, 0.3) is 11.5 Å². The van der Waals surface area contributed by atoms with E-state index in [2.05, 4.69) is 21.0 Å². The summed E-state index contributed by atoms with van der Waals surface area (Å²) in [6.07, 6.45) is 0.446. The molecule has 0 radical (unpaired) electrons. The minimum absolute atomic E-state index is 0.0961. The van der Waals surface area contributed by atoms with Crippen molar-refractivity contribution in [1.82, 2.24) is 24.2 Å². The molecule has 0 saturated heterocycles. The van der Waals surface area contributed by atoms with Crippen LogP contribution in [-0.2, 0) is 13.0 Å². The monoisotopic (exact) mass is 619 g/mol. The second-order valence-corrected chi connectivity index (χ2v) is 11.5. The minimum Gasteiger partial charge on any atom is -0.491 e. The van der Waals surface area contributed by atoms with Crippen LogP contribution in [0.15, 0.2) is 57.8 Å². The number of fused-ring (bicyclic) bond motifs is 1. The van der Waals surface area contributed by atoms with Crippen molar-refractivity contribution < 1.29 is 14.6 Å². The van der Waals surface area contributed by atoms with Crippen molar-refractivity contribution in [1.29, 1.82) is 0 Å². The molecule has 9 nitrogen and oxygen atoms in total. The number of benzene rings is 2. The third kappa shape index (κ3) is 5.71. The molecule has 2 atom stereocenters. The number of amides is 1. The van der Waals surface area contributed by atoms with Crippen LogP contribution in [0.5, 0.6) is 5.75 Å². The molecule has 0 spiro atoms. The SMILES string of the molecule is CC[C@H](O)COc1ccc(-n2c(-n3nc(C)cc3C)nc3c(c2=O)C[C@@H](C)N(C(=O)c2ccc(Br)c(C)c2)C3)cc1. The van der Waals surface area contributed by atoms with Gasteiger partial charge in [0.1, 0.15) is 12.4 Å². The summed E-state index contributed by atoms with van der Waals surface area (Å²) < 4.78 is 9.88. The van der Waals surface area contributed by atoms with E-state index in [1.807, 2.05) is 58.9 Å². The summed E-state index contributed by atoms with van der Waals surface area (Å²) in [5, 5.41) is 14.5. The molecule has 1 amide bonds. The Morgan fingerprint density at radius 2 is 1.88 bits per heavy atom. The maximum absolute atomic E-state index is 14.1. The van der Waals surface area contributed by atoms with Crippen LogP contribution in [0.2, 0.25) is 0 Å². The van der Waals surface area contributed by atoms with E-state index < -0.39 is 6.10 Å². The van der Waals surface area contributed by atoms with Crippen molar-refractivity contribution in [2.24, 2.45) is 0 Å². The Morgan fingerprint density at radius 3 is 2.51 bits per heavy atom. The summed E-state index contributed by atoms with van der Waals surface area (Å²) in [7, 11) is 0. The Hall–Kier alpha value is -3.76. The zero-order valence-electron chi connectivity index (χ0n) is 23.9. The van der Waals surface area contributed by atoms with Crippen molar-refractivity contribution in [2.75, 3.05) is 6.61 Å². The van der Waals surface area contributed by atoms with Gasteiger partial charge in [0, 0.05) is 27.3 Å². The molecule has 41 heavy (non-hydrogen) atoms. The van der Waals surface area contributed by atoms with Crippen molar-refractivity contribution >= 4 is 21.8 Å². The molecule has 4 aromatic rings. The van der Waals surface area contributed by atoms with E-state index in [9.17, 15) is 14.7 Å². The average Bonchev–Trinajstić information content (AvgIpc) is 3.30. The summed E-state index contributed by atoms with van der Waals surface area (Å²) >= 11 is 3.50. The van der Waals surface area contributed by atoms with E-state index in [-0.39, 0.29) is 30.7 Å². The second-order valence-electron chi connectivity index (χ2n) is 10.6. The molecule has 3 heterocycles. The van der Waals surface area contributed by atoms with Crippen molar-refractivity contribution in [3.05, 3.63) is 97.1 Å². The van der Waals surface area contributed by atoms with Crippen LogP contribution in [0, 0.1) is 20.8 Å². The van der Waals surface area contributed by atoms with Crippen LogP contribution in [0.4, 0.5) is 0 Å². The van der Waals surface area contributed by atoms with Crippen LogP contribution < -0.4 is 10.3 Å². The molecular weight excluding hydrogens is 586 g/mol. The van der Waals surface area contributed by atoms with Gasteiger partial charge in [-0.1, -0.05) is 22.9 Å². The van der Waals surface area contributed by atoms with Crippen LogP contribution in [0.3, 0.4) is 0 Å². The molecule has 10 heteroatoms. The lowest BCUT2D eigenvalue weighted by Crippen LogP contribution is -2.46. The molecule has 0 fully saturated rings. The summed E-state index contributed by atoms with van der Waals surface area (Å²) in [4.78, 5) is 34.5. The molecule has 0 unspecified atom stereocenters. The lowest BCUT2D eigenvalue weighted by molar-refractivity contribution is 0.0652. The highest BCUT2D eigenvalue weighted by Crippen LogP contribution is 2.26. The number of nitrogens with zero attached hydrogens (tertiary/aromatic N) is 5. The standard InChI is InChI=1S/C31H34BrN5O4/c1-6-24(38)17-41-25-10-8-23(9-11-25)36-30(40)26-15-20(4)35(29(39)22-7-12-27(32)18(2)13-22)16-28(26)33-31(36)37-21(5)14-19(3)34-37/h7-14,20,24,38H,6,15-17H2,1-5H3/t20-,24+/m1/s1. The van der Waals surface area contributed by atoms with Crippen LogP contribution in [-0.4, -0.2) is 54.0 Å². The van der Waals surface area contributed by atoms with E-state index in [4.69, 9.17) is 9.72 Å². The van der Waals surface area contributed by atoms with Gasteiger partial charge in [0.05, 0.1) is 29.7 Å². The van der Waals surface area contributed by atoms with Gasteiger partial charge in [0.2, 0.25) is 5.95 Å². The van der Waals surface area contributed by atoms with Gasteiger partial charge < -0.3 is 14.7 Å². The summed E-state index contributed by atoms with van der Waals surface area (Å²) in [6, 6.07) is 14.5.